The molecule has 3 unspecified atom stereocenters. The van der Waals surface area contributed by atoms with E-state index in [2.05, 4.69) is 30.7 Å². The monoisotopic (exact) mass is 534 g/mol. The van der Waals surface area contributed by atoms with Crippen LogP contribution in [0, 0.1) is 12.3 Å². The molecule has 194 valence electrons. The number of hydrogen-bond acceptors (Lipinski definition) is 8. The molecule has 1 aliphatic rings. The molecule has 1 aromatic carbocycles. The quantitative estimate of drug-likeness (QED) is 0.502. The number of piperazine rings is 1. The lowest BCUT2D eigenvalue weighted by Gasteiger charge is -2.53. The number of carboxylic acid groups (broad SMARTS) is 1. The second kappa shape index (κ2) is 9.07. The highest BCUT2D eigenvalue weighted by Crippen LogP contribution is 2.39. The predicted molar refractivity (Wildman–Crippen MR) is 138 cm³/mol. The number of carbonyl (C=O) groups is 1. The van der Waals surface area contributed by atoms with Crippen LogP contribution in [0.2, 0.25) is 0 Å². The minimum absolute atomic E-state index is 0.0331. The second-order valence-corrected chi connectivity index (χ2v) is 12.8. The number of rotatable bonds is 4. The van der Waals surface area contributed by atoms with Gasteiger partial charge in [0.05, 0.1) is 24.2 Å². The molecule has 1 N–H and O–H groups in total. The Morgan fingerprint density at radius 2 is 1.83 bits per heavy atom. The van der Waals surface area contributed by atoms with E-state index in [0.29, 0.717) is 6.54 Å². The summed E-state index contributed by atoms with van der Waals surface area (Å²) < 4.78 is 31.9. The maximum atomic E-state index is 12.9. The van der Waals surface area contributed by atoms with Gasteiger partial charge in [-0.2, -0.15) is 13.4 Å². The minimum atomic E-state index is -4.16. The Morgan fingerprint density at radius 1 is 1.19 bits per heavy atom. The molecule has 3 atom stereocenters. The lowest BCUT2D eigenvalue weighted by molar-refractivity contribution is 0.0582. The first kappa shape index (κ1) is 26.0. The largest absolute Gasteiger partial charge is 0.465 e. The van der Waals surface area contributed by atoms with E-state index in [1.165, 1.54) is 32.8 Å². The van der Waals surface area contributed by atoms with Crippen molar-refractivity contribution in [2.24, 2.45) is 5.41 Å². The molecule has 0 radical (unpaired) electrons. The zero-order valence-electron chi connectivity index (χ0n) is 21.0. The van der Waals surface area contributed by atoms with Crippen LogP contribution >= 0.6 is 11.3 Å². The van der Waals surface area contributed by atoms with E-state index >= 15 is 0 Å². The molecular weight excluding hydrogens is 504 g/mol. The van der Waals surface area contributed by atoms with Crippen LogP contribution in [0.5, 0.6) is 5.88 Å². The third-order valence-corrected chi connectivity index (χ3v) is 8.65. The van der Waals surface area contributed by atoms with Crippen molar-refractivity contribution >= 4 is 37.5 Å². The van der Waals surface area contributed by atoms with Gasteiger partial charge in [0.15, 0.2) is 0 Å². The van der Waals surface area contributed by atoms with Gasteiger partial charge in [0.25, 0.3) is 5.56 Å². The molecule has 12 heteroatoms. The Labute approximate surface area is 213 Å². The van der Waals surface area contributed by atoms with Crippen LogP contribution in [-0.2, 0) is 10.1 Å². The van der Waals surface area contributed by atoms with Gasteiger partial charge in [0.2, 0.25) is 10.8 Å². The number of nitrogens with zero attached hydrogens (tertiary/aromatic N) is 4. The smallest absolute Gasteiger partial charge is 0.407 e. The van der Waals surface area contributed by atoms with Crippen molar-refractivity contribution in [1.29, 1.82) is 0 Å². The van der Waals surface area contributed by atoms with E-state index in [-0.39, 0.29) is 39.3 Å². The molecule has 0 aliphatic carbocycles. The number of hydrogen-bond donors (Lipinski definition) is 1. The summed E-state index contributed by atoms with van der Waals surface area (Å²) in [6.07, 6.45) is 0.706. The molecule has 0 saturated carbocycles. The fourth-order valence-electron chi connectivity index (χ4n) is 4.99. The van der Waals surface area contributed by atoms with Crippen molar-refractivity contribution in [1.82, 2.24) is 14.3 Å². The summed E-state index contributed by atoms with van der Waals surface area (Å²) in [5, 5.41) is 10.5. The maximum Gasteiger partial charge on any atom is 0.407 e. The van der Waals surface area contributed by atoms with Crippen molar-refractivity contribution in [2.45, 2.75) is 64.6 Å². The fraction of sp³-hybridized carbons (Fsp3) is 0.458. The van der Waals surface area contributed by atoms with Crippen LogP contribution < -0.4 is 14.6 Å². The molecular formula is C24H30N4O6S2. The second-order valence-electron chi connectivity index (χ2n) is 10.2. The van der Waals surface area contributed by atoms with Crippen LogP contribution in [0.1, 0.15) is 40.2 Å². The number of thiazole rings is 1. The Kier molecular flexibility index (Phi) is 6.54. The van der Waals surface area contributed by atoms with Gasteiger partial charge < -0.3 is 14.2 Å². The minimum Gasteiger partial charge on any atom is -0.465 e. The first-order valence-corrected chi connectivity index (χ1v) is 13.7. The lowest BCUT2D eigenvalue weighted by Crippen LogP contribution is -2.67. The van der Waals surface area contributed by atoms with E-state index in [1.807, 2.05) is 20.8 Å². The highest BCUT2D eigenvalue weighted by molar-refractivity contribution is 7.87. The SMILES string of the molecule is Cc1ccc(S(=O)(=O)Oc2cc(=O)n3cc(N4CC(C)N(C(=O)O)C(C)C4C(C)(C)C)sc3n2)cc1. The van der Waals surface area contributed by atoms with Crippen LogP contribution in [0.15, 0.2) is 46.2 Å². The topological polar surface area (TPSA) is 122 Å². The van der Waals surface area contributed by atoms with Crippen LogP contribution in [0.3, 0.4) is 0 Å². The van der Waals surface area contributed by atoms with Crippen LogP contribution in [0.25, 0.3) is 4.96 Å². The summed E-state index contributed by atoms with van der Waals surface area (Å²) in [6.45, 7) is 12.2. The average molecular weight is 535 g/mol. The van der Waals surface area contributed by atoms with Gasteiger partial charge in [0, 0.05) is 12.7 Å². The van der Waals surface area contributed by atoms with Gasteiger partial charge in [-0.05, 0) is 38.3 Å². The van der Waals surface area contributed by atoms with Crippen LogP contribution in [0.4, 0.5) is 9.80 Å². The lowest BCUT2D eigenvalue weighted by atomic mass is 9.79. The molecule has 36 heavy (non-hydrogen) atoms. The summed E-state index contributed by atoms with van der Waals surface area (Å²) in [7, 11) is -4.16. The molecule has 3 heterocycles. The van der Waals surface area contributed by atoms with E-state index in [0.717, 1.165) is 16.6 Å². The highest BCUT2D eigenvalue weighted by Gasteiger charge is 2.46. The van der Waals surface area contributed by atoms with Gasteiger partial charge >= 0.3 is 16.2 Å². The van der Waals surface area contributed by atoms with Gasteiger partial charge in [-0.1, -0.05) is 49.8 Å². The summed E-state index contributed by atoms with van der Waals surface area (Å²) in [4.78, 5) is 32.9. The maximum absolute atomic E-state index is 12.9. The summed E-state index contributed by atoms with van der Waals surface area (Å²) in [5.41, 5.74) is 0.145. The van der Waals surface area contributed by atoms with Crippen LogP contribution in [-0.4, -0.2) is 58.6 Å². The summed E-state index contributed by atoms with van der Waals surface area (Å²) in [5.74, 6) is -0.307. The zero-order valence-corrected chi connectivity index (χ0v) is 22.6. The molecule has 0 spiro atoms. The van der Waals surface area contributed by atoms with E-state index < -0.39 is 21.8 Å². The van der Waals surface area contributed by atoms with Gasteiger partial charge in [-0.15, -0.1) is 0 Å². The molecule has 2 aromatic heterocycles. The number of aromatic nitrogens is 2. The number of aryl methyl sites for hydroxylation is 1. The van der Waals surface area contributed by atoms with Crippen molar-refractivity contribution in [3.8, 4) is 5.88 Å². The number of fused-ring (bicyclic) bond motifs is 1. The van der Waals surface area contributed by atoms with Crippen molar-refractivity contribution in [3.63, 3.8) is 0 Å². The van der Waals surface area contributed by atoms with Crippen molar-refractivity contribution in [3.05, 3.63) is 52.4 Å². The highest BCUT2D eigenvalue weighted by atomic mass is 32.2. The Bertz CT molecular complexity index is 1460. The molecule has 10 nitrogen and oxygen atoms in total. The first-order valence-electron chi connectivity index (χ1n) is 11.5. The molecule has 4 rings (SSSR count). The molecule has 0 bridgehead atoms. The fourth-order valence-corrected chi connectivity index (χ4v) is 6.90. The Balaban J connectivity index is 1.72. The molecule has 1 saturated heterocycles. The van der Waals surface area contributed by atoms with Gasteiger partial charge in [0.1, 0.15) is 9.90 Å². The van der Waals surface area contributed by atoms with Gasteiger partial charge in [-0.3, -0.25) is 14.1 Å². The first-order chi connectivity index (χ1) is 16.7. The predicted octanol–water partition coefficient (Wildman–Crippen LogP) is 3.82. The van der Waals surface area contributed by atoms with Gasteiger partial charge in [-0.25, -0.2) is 4.79 Å². The average Bonchev–Trinajstić information content (AvgIpc) is 3.16. The summed E-state index contributed by atoms with van der Waals surface area (Å²) >= 11 is 1.23. The number of benzene rings is 1. The van der Waals surface area contributed by atoms with Crippen molar-refractivity contribution < 1.29 is 22.5 Å². The molecule has 1 amide bonds. The summed E-state index contributed by atoms with van der Waals surface area (Å²) in [6, 6.07) is 6.48. The molecule has 3 aromatic rings. The number of amides is 1. The van der Waals surface area contributed by atoms with E-state index in [1.54, 1.807) is 18.3 Å². The number of anilines is 1. The third kappa shape index (κ3) is 4.79. The Hall–Kier alpha value is -3.12. The Morgan fingerprint density at radius 3 is 2.42 bits per heavy atom. The third-order valence-electron chi connectivity index (χ3n) is 6.39. The normalized spacial score (nSPS) is 21.1. The van der Waals surface area contributed by atoms with Crippen molar-refractivity contribution in [2.75, 3.05) is 11.4 Å². The molecule has 1 fully saturated rings. The van der Waals surface area contributed by atoms with E-state index in [9.17, 15) is 23.1 Å². The molecule has 1 aliphatic heterocycles. The zero-order chi connectivity index (χ0) is 26.6. The standard InChI is InChI=1S/C24H30N4O6S2/c1-14-7-9-17(10-8-14)36(32,33)34-18-11-19(29)26-13-20(35-22(26)25-18)27-12-15(2)28(23(30)31)16(3)21(27)24(4,5)6/h7-11,13,15-16,21H,12H2,1-6H3,(H,30,31). The van der Waals surface area contributed by atoms with E-state index in [4.69, 9.17) is 4.18 Å².